The first-order chi connectivity index (χ1) is 18.4. The van der Waals surface area contributed by atoms with Crippen molar-refractivity contribution in [2.45, 2.75) is 87.5 Å². The Bertz CT molecular complexity index is 1090. The molecule has 9 nitrogen and oxygen atoms in total. The van der Waals surface area contributed by atoms with Gasteiger partial charge in [-0.05, 0) is 57.6 Å². The lowest BCUT2D eigenvalue weighted by Crippen LogP contribution is -2.61. The summed E-state index contributed by atoms with van der Waals surface area (Å²) in [6.45, 7) is 6.92. The Balaban J connectivity index is 1.49. The average molecular weight is 581 g/mol. The summed E-state index contributed by atoms with van der Waals surface area (Å²) in [7, 11) is -3.31. The van der Waals surface area contributed by atoms with Crippen LogP contribution in [0.1, 0.15) is 52.9 Å². The number of hydrogen-bond donors (Lipinski definition) is 4. The van der Waals surface area contributed by atoms with Crippen molar-refractivity contribution in [1.29, 1.82) is 0 Å². The van der Waals surface area contributed by atoms with Crippen molar-refractivity contribution in [1.82, 2.24) is 20.9 Å². The van der Waals surface area contributed by atoms with E-state index >= 15 is 0 Å². The number of rotatable bonds is 9. The van der Waals surface area contributed by atoms with E-state index in [4.69, 9.17) is 0 Å². The molecule has 0 unspecified atom stereocenters. The van der Waals surface area contributed by atoms with Crippen LogP contribution in [0, 0.1) is 11.8 Å². The van der Waals surface area contributed by atoms with Crippen molar-refractivity contribution in [2.24, 2.45) is 11.8 Å². The SMILES string of the molecule is CC(C)(C)NC(=O)[C@@H]1C[C@@H]2CCCC[C@@H]2CN1C[C@@H](O)[C@H](CSc1ccccc1)NC(=O)[C@@H]1CS(=O)(=O)CN1. The summed E-state index contributed by atoms with van der Waals surface area (Å²) >= 11 is 1.53. The van der Waals surface area contributed by atoms with Gasteiger partial charge < -0.3 is 15.7 Å². The van der Waals surface area contributed by atoms with E-state index in [2.05, 4.69) is 20.9 Å². The van der Waals surface area contributed by atoms with Crippen molar-refractivity contribution in [3.8, 4) is 0 Å². The number of aliphatic hydroxyl groups is 1. The number of β-amino-alcohol motifs (C(OH)–C–C–N with tert-alkyl or cyclic N) is 1. The number of aliphatic hydroxyl groups excluding tert-OH is 1. The first-order valence-corrected chi connectivity index (χ1v) is 16.9. The van der Waals surface area contributed by atoms with Crippen LogP contribution in [0.4, 0.5) is 0 Å². The van der Waals surface area contributed by atoms with Crippen LogP contribution < -0.4 is 16.0 Å². The molecule has 1 aromatic rings. The van der Waals surface area contributed by atoms with Crippen LogP contribution >= 0.6 is 11.8 Å². The lowest BCUT2D eigenvalue weighted by Gasteiger charge is -2.47. The molecule has 1 aromatic carbocycles. The Hall–Kier alpha value is -1.66. The van der Waals surface area contributed by atoms with Crippen molar-refractivity contribution >= 4 is 33.4 Å². The summed E-state index contributed by atoms with van der Waals surface area (Å²) < 4.78 is 23.8. The number of carbonyl (C=O) groups is 2. The summed E-state index contributed by atoms with van der Waals surface area (Å²) in [5, 5.41) is 20.4. The molecule has 0 aromatic heterocycles. The molecular weight excluding hydrogens is 536 g/mol. The Morgan fingerprint density at radius 1 is 1.13 bits per heavy atom. The molecule has 2 aliphatic heterocycles. The van der Waals surface area contributed by atoms with Crippen LogP contribution in [0.15, 0.2) is 35.2 Å². The molecule has 6 atom stereocenters. The summed E-state index contributed by atoms with van der Waals surface area (Å²) in [5.41, 5.74) is -0.359. The first-order valence-electron chi connectivity index (χ1n) is 14.1. The minimum absolute atomic E-state index is 0.0154. The zero-order chi connectivity index (χ0) is 28.2. The molecule has 0 bridgehead atoms. The fourth-order valence-electron chi connectivity index (χ4n) is 6.00. The molecule has 2 amide bonds. The number of benzene rings is 1. The average Bonchev–Trinajstić information content (AvgIpc) is 3.25. The Morgan fingerprint density at radius 2 is 1.82 bits per heavy atom. The number of sulfone groups is 1. The summed E-state index contributed by atoms with van der Waals surface area (Å²) in [6.07, 6.45) is 4.51. The molecule has 0 spiro atoms. The van der Waals surface area contributed by atoms with E-state index in [1.54, 1.807) is 0 Å². The smallest absolute Gasteiger partial charge is 0.238 e. The van der Waals surface area contributed by atoms with Gasteiger partial charge in [-0.1, -0.05) is 37.5 Å². The predicted octanol–water partition coefficient (Wildman–Crippen LogP) is 1.76. The second kappa shape index (κ2) is 12.9. The lowest BCUT2D eigenvalue weighted by molar-refractivity contribution is -0.133. The molecule has 1 saturated carbocycles. The minimum Gasteiger partial charge on any atom is -0.390 e. The van der Waals surface area contributed by atoms with E-state index in [0.29, 0.717) is 17.6 Å². The maximum atomic E-state index is 13.4. The molecule has 2 saturated heterocycles. The highest BCUT2D eigenvalue weighted by Gasteiger charge is 2.42. The third-order valence-electron chi connectivity index (χ3n) is 7.98. The number of likely N-dealkylation sites (tertiary alicyclic amines) is 1. The van der Waals surface area contributed by atoms with Gasteiger partial charge in [0.25, 0.3) is 0 Å². The third kappa shape index (κ3) is 8.66. The van der Waals surface area contributed by atoms with Gasteiger partial charge >= 0.3 is 0 Å². The molecule has 4 rings (SSSR count). The van der Waals surface area contributed by atoms with E-state index in [1.807, 2.05) is 51.1 Å². The highest BCUT2D eigenvalue weighted by Crippen LogP contribution is 2.39. The standard InChI is InChI=1S/C28H44N4O5S2/c1-28(2,3)31-27(35)24-13-19-9-7-8-10-20(19)14-32(24)15-25(33)22(16-38-21-11-5-4-6-12-21)30-26(34)23-17-39(36,37)18-29-23/h4-6,11-12,19-20,22-25,29,33H,7-10,13-18H2,1-3H3,(H,30,34)(H,31,35)/t19-,20+,22-,23-,24-,25+/m0/s1. The number of amides is 2. The summed E-state index contributed by atoms with van der Waals surface area (Å²) in [4.78, 5) is 29.6. The van der Waals surface area contributed by atoms with Gasteiger partial charge in [0.2, 0.25) is 11.8 Å². The van der Waals surface area contributed by atoms with Crippen molar-refractivity contribution in [2.75, 3.05) is 30.5 Å². The highest BCUT2D eigenvalue weighted by molar-refractivity contribution is 7.99. The van der Waals surface area contributed by atoms with Gasteiger partial charge in [0, 0.05) is 29.3 Å². The van der Waals surface area contributed by atoms with Crippen molar-refractivity contribution in [3.63, 3.8) is 0 Å². The summed E-state index contributed by atoms with van der Waals surface area (Å²) in [5.74, 6) is 0.511. The normalized spacial score (nSPS) is 28.7. The maximum absolute atomic E-state index is 13.4. The van der Waals surface area contributed by atoms with Gasteiger partial charge in [-0.2, -0.15) is 0 Å². The van der Waals surface area contributed by atoms with Crippen LogP contribution in [0.25, 0.3) is 0 Å². The molecule has 2 heterocycles. The summed E-state index contributed by atoms with van der Waals surface area (Å²) in [6, 6.07) is 7.96. The van der Waals surface area contributed by atoms with Crippen LogP contribution in [0.2, 0.25) is 0 Å². The van der Waals surface area contributed by atoms with E-state index < -0.39 is 33.9 Å². The fraction of sp³-hybridized carbons (Fsp3) is 0.714. The van der Waals surface area contributed by atoms with Crippen molar-refractivity contribution in [3.05, 3.63) is 30.3 Å². The Kier molecular flexibility index (Phi) is 10.0. The van der Waals surface area contributed by atoms with Crippen LogP contribution in [-0.4, -0.2) is 90.5 Å². The van der Waals surface area contributed by atoms with Gasteiger partial charge in [-0.15, -0.1) is 11.8 Å². The van der Waals surface area contributed by atoms with Gasteiger partial charge in [-0.25, -0.2) is 8.42 Å². The van der Waals surface area contributed by atoms with Gasteiger partial charge in [-0.3, -0.25) is 19.8 Å². The molecule has 0 radical (unpaired) electrons. The number of nitrogens with zero attached hydrogens (tertiary/aromatic N) is 1. The Morgan fingerprint density at radius 3 is 2.46 bits per heavy atom. The molecule has 3 aliphatic rings. The number of carbonyl (C=O) groups excluding carboxylic acids is 2. The molecule has 3 fully saturated rings. The fourth-order valence-corrected chi connectivity index (χ4v) is 8.37. The third-order valence-corrected chi connectivity index (χ3v) is 10.6. The van der Waals surface area contributed by atoms with Gasteiger partial charge in [0.05, 0.1) is 29.8 Å². The number of fused-ring (bicyclic) bond motifs is 1. The number of piperidine rings is 1. The first kappa shape index (κ1) is 30.3. The van der Waals surface area contributed by atoms with Crippen LogP contribution in [0.3, 0.4) is 0 Å². The zero-order valence-corrected chi connectivity index (χ0v) is 24.9. The molecule has 11 heteroatoms. The monoisotopic (exact) mass is 580 g/mol. The van der Waals surface area contributed by atoms with Gasteiger partial charge in [0.1, 0.15) is 6.04 Å². The number of nitrogens with one attached hydrogen (secondary N) is 3. The van der Waals surface area contributed by atoms with Crippen molar-refractivity contribution < 1.29 is 23.1 Å². The molecule has 218 valence electrons. The number of thioether (sulfide) groups is 1. The highest BCUT2D eigenvalue weighted by atomic mass is 32.2. The molecular formula is C28H44N4O5S2. The molecule has 39 heavy (non-hydrogen) atoms. The lowest BCUT2D eigenvalue weighted by atomic mass is 9.72. The predicted molar refractivity (Wildman–Crippen MR) is 154 cm³/mol. The van der Waals surface area contributed by atoms with E-state index in [0.717, 1.165) is 30.7 Å². The quantitative estimate of drug-likeness (QED) is 0.326. The molecule has 4 N–H and O–H groups in total. The van der Waals surface area contributed by atoms with E-state index in [1.165, 1.54) is 24.6 Å². The topological polar surface area (TPSA) is 128 Å². The minimum atomic E-state index is -3.31. The maximum Gasteiger partial charge on any atom is 0.238 e. The second-order valence-corrected chi connectivity index (χ2v) is 15.6. The number of hydrogen-bond acceptors (Lipinski definition) is 8. The largest absolute Gasteiger partial charge is 0.390 e. The van der Waals surface area contributed by atoms with Crippen LogP contribution in [-0.2, 0) is 19.4 Å². The van der Waals surface area contributed by atoms with Crippen LogP contribution in [0.5, 0.6) is 0 Å². The van der Waals surface area contributed by atoms with E-state index in [-0.39, 0.29) is 35.7 Å². The molecule has 1 aliphatic carbocycles. The van der Waals surface area contributed by atoms with Gasteiger partial charge in [0.15, 0.2) is 9.84 Å². The van der Waals surface area contributed by atoms with E-state index in [9.17, 15) is 23.1 Å². The second-order valence-electron chi connectivity index (χ2n) is 12.4. The zero-order valence-electron chi connectivity index (χ0n) is 23.3. The Labute approximate surface area is 237 Å².